The Balaban J connectivity index is 2.57. The highest BCUT2D eigenvalue weighted by Gasteiger charge is 2.45. The molecule has 6 nitrogen and oxygen atoms in total. The van der Waals surface area contributed by atoms with Crippen molar-refractivity contribution in [3.8, 4) is 0 Å². The highest BCUT2D eigenvalue weighted by atomic mass is 35.5. The highest BCUT2D eigenvalue weighted by Crippen LogP contribution is 2.36. The van der Waals surface area contributed by atoms with Gasteiger partial charge in [-0.25, -0.2) is 8.42 Å². The van der Waals surface area contributed by atoms with Crippen LogP contribution >= 0.6 is 23.2 Å². The van der Waals surface area contributed by atoms with Gasteiger partial charge in [-0.2, -0.15) is 4.31 Å². The third kappa shape index (κ3) is 2.59. The number of nitrogens with two attached hydrogens (primary N) is 1. The molecule has 1 fully saturated rings. The first-order valence-electron chi connectivity index (χ1n) is 6.14. The van der Waals surface area contributed by atoms with Crippen molar-refractivity contribution in [2.45, 2.75) is 24.3 Å². The predicted octanol–water partition coefficient (Wildman–Crippen LogP) is 1.47. The molecule has 0 bridgehead atoms. The third-order valence-corrected chi connectivity index (χ3v) is 6.40. The number of anilines is 1. The monoisotopic (exact) mass is 351 g/mol. The van der Waals surface area contributed by atoms with Crippen LogP contribution in [-0.2, 0) is 14.8 Å². The van der Waals surface area contributed by atoms with Gasteiger partial charge in [0.15, 0.2) is 0 Å². The number of halogens is 2. The Labute approximate surface area is 133 Å². The fourth-order valence-electron chi connectivity index (χ4n) is 2.17. The van der Waals surface area contributed by atoms with Gasteiger partial charge in [0.25, 0.3) is 0 Å². The Morgan fingerprint density at radius 2 is 1.95 bits per heavy atom. The highest BCUT2D eigenvalue weighted by molar-refractivity contribution is 7.89. The minimum atomic E-state index is -3.97. The number of nitrogens with zero attached hydrogens (tertiary/aromatic N) is 1. The van der Waals surface area contributed by atoms with E-state index in [2.05, 4.69) is 5.32 Å². The van der Waals surface area contributed by atoms with E-state index in [0.29, 0.717) is 0 Å². The SMILES string of the molecule is CC1(C)C(=O)NCCN1S(=O)(=O)c1ccc(Cl)c(N)c1Cl. The first-order chi connectivity index (χ1) is 9.60. The van der Waals surface area contributed by atoms with E-state index in [4.69, 9.17) is 28.9 Å². The summed E-state index contributed by atoms with van der Waals surface area (Å²) in [4.78, 5) is 11.8. The van der Waals surface area contributed by atoms with E-state index >= 15 is 0 Å². The molecule has 1 heterocycles. The van der Waals surface area contributed by atoms with Gasteiger partial charge in [0.2, 0.25) is 15.9 Å². The summed E-state index contributed by atoms with van der Waals surface area (Å²) in [6, 6.07) is 2.66. The second-order valence-electron chi connectivity index (χ2n) is 5.17. The second kappa shape index (κ2) is 5.31. The molecule has 1 amide bonds. The molecule has 1 aliphatic rings. The number of carbonyl (C=O) groups is 1. The number of sulfonamides is 1. The molecular weight excluding hydrogens is 337 g/mol. The molecule has 116 valence electrons. The van der Waals surface area contributed by atoms with Gasteiger partial charge in [0, 0.05) is 13.1 Å². The predicted molar refractivity (Wildman–Crippen MR) is 81.9 cm³/mol. The lowest BCUT2D eigenvalue weighted by molar-refractivity contribution is -0.131. The molecule has 9 heteroatoms. The molecule has 0 aliphatic carbocycles. The summed E-state index contributed by atoms with van der Waals surface area (Å²) in [5.41, 5.74) is 4.46. The number of carbonyl (C=O) groups excluding carboxylic acids is 1. The summed E-state index contributed by atoms with van der Waals surface area (Å²) in [6.07, 6.45) is 0. The van der Waals surface area contributed by atoms with Crippen molar-refractivity contribution in [1.29, 1.82) is 0 Å². The standard InChI is InChI=1S/C12H15Cl2N3O3S/c1-12(2)11(18)16-5-6-17(12)21(19,20)8-4-3-7(13)10(15)9(8)14/h3-4H,5-6,15H2,1-2H3,(H,16,18). The number of rotatable bonds is 2. The van der Waals surface area contributed by atoms with Crippen molar-refractivity contribution in [3.05, 3.63) is 22.2 Å². The van der Waals surface area contributed by atoms with Crippen LogP contribution in [-0.4, -0.2) is 37.3 Å². The second-order valence-corrected chi connectivity index (χ2v) is 7.78. The van der Waals surface area contributed by atoms with E-state index in [1.54, 1.807) is 0 Å². The molecule has 0 saturated carbocycles. The van der Waals surface area contributed by atoms with Gasteiger partial charge >= 0.3 is 0 Å². The maximum atomic E-state index is 12.8. The number of nitrogens with one attached hydrogen (secondary N) is 1. The Kier molecular flexibility index (Phi) is 4.14. The van der Waals surface area contributed by atoms with Crippen LogP contribution in [0.5, 0.6) is 0 Å². The summed E-state index contributed by atoms with van der Waals surface area (Å²) in [6.45, 7) is 3.46. The summed E-state index contributed by atoms with van der Waals surface area (Å²) in [5.74, 6) is -0.365. The van der Waals surface area contributed by atoms with Crippen LogP contribution in [0, 0.1) is 0 Å². The smallest absolute Gasteiger partial charge is 0.245 e. The van der Waals surface area contributed by atoms with Crippen LogP contribution in [0.4, 0.5) is 5.69 Å². The molecule has 0 unspecified atom stereocenters. The minimum Gasteiger partial charge on any atom is -0.396 e. The Bertz CT molecular complexity index is 704. The number of benzene rings is 1. The summed E-state index contributed by atoms with van der Waals surface area (Å²) in [5, 5.41) is 2.68. The van der Waals surface area contributed by atoms with Gasteiger partial charge in [-0.1, -0.05) is 23.2 Å². The molecule has 3 N–H and O–H groups in total. The molecule has 0 aromatic heterocycles. The first-order valence-corrected chi connectivity index (χ1v) is 8.34. The maximum Gasteiger partial charge on any atom is 0.245 e. The first kappa shape index (κ1) is 16.4. The van der Waals surface area contributed by atoms with Gasteiger partial charge in [0.1, 0.15) is 10.4 Å². The Hall–Kier alpha value is -1.02. The topological polar surface area (TPSA) is 92.5 Å². The molecule has 1 aromatic carbocycles. The lowest BCUT2D eigenvalue weighted by atomic mass is 10.0. The Morgan fingerprint density at radius 3 is 2.57 bits per heavy atom. The molecular formula is C12H15Cl2N3O3S. The van der Waals surface area contributed by atoms with Crippen LogP contribution in [0.1, 0.15) is 13.8 Å². The van der Waals surface area contributed by atoms with Crippen LogP contribution in [0.25, 0.3) is 0 Å². The van der Waals surface area contributed by atoms with Crippen LogP contribution in [0.2, 0.25) is 10.0 Å². The van der Waals surface area contributed by atoms with Gasteiger partial charge in [-0.15, -0.1) is 0 Å². The quantitative estimate of drug-likeness (QED) is 0.789. The number of amides is 1. The molecule has 21 heavy (non-hydrogen) atoms. The van der Waals surface area contributed by atoms with Crippen molar-refractivity contribution in [3.63, 3.8) is 0 Å². The lowest BCUT2D eigenvalue weighted by Crippen LogP contribution is -2.63. The van der Waals surface area contributed by atoms with Crippen LogP contribution in [0.15, 0.2) is 17.0 Å². The minimum absolute atomic E-state index is 0.00123. The van der Waals surface area contributed by atoms with E-state index in [1.807, 2.05) is 0 Å². The number of hydrogen-bond acceptors (Lipinski definition) is 4. The molecule has 2 rings (SSSR count). The van der Waals surface area contributed by atoms with E-state index in [1.165, 1.54) is 26.0 Å². The summed E-state index contributed by atoms with van der Waals surface area (Å²) < 4.78 is 26.7. The Morgan fingerprint density at radius 1 is 1.33 bits per heavy atom. The molecule has 1 saturated heterocycles. The van der Waals surface area contributed by atoms with E-state index < -0.39 is 15.6 Å². The van der Waals surface area contributed by atoms with Crippen molar-refractivity contribution in [2.24, 2.45) is 0 Å². The number of piperazine rings is 1. The van der Waals surface area contributed by atoms with Gasteiger partial charge in [-0.05, 0) is 26.0 Å². The van der Waals surface area contributed by atoms with Crippen molar-refractivity contribution in [2.75, 3.05) is 18.8 Å². The molecule has 0 radical (unpaired) electrons. The molecule has 0 atom stereocenters. The number of nitrogen functional groups attached to an aromatic ring is 1. The average molecular weight is 352 g/mol. The fraction of sp³-hybridized carbons (Fsp3) is 0.417. The largest absolute Gasteiger partial charge is 0.396 e. The zero-order valence-electron chi connectivity index (χ0n) is 11.5. The van der Waals surface area contributed by atoms with Gasteiger partial charge in [-0.3, -0.25) is 4.79 Å². The van der Waals surface area contributed by atoms with E-state index in [0.717, 1.165) is 4.31 Å². The van der Waals surface area contributed by atoms with Crippen molar-refractivity contribution < 1.29 is 13.2 Å². The van der Waals surface area contributed by atoms with Gasteiger partial charge in [0.05, 0.1) is 15.7 Å². The zero-order chi connectivity index (χ0) is 16.0. The van der Waals surface area contributed by atoms with Crippen molar-refractivity contribution in [1.82, 2.24) is 9.62 Å². The summed E-state index contributed by atoms with van der Waals surface area (Å²) >= 11 is 11.8. The van der Waals surface area contributed by atoms with Crippen LogP contribution in [0.3, 0.4) is 0 Å². The normalized spacial score (nSPS) is 19.3. The summed E-state index contributed by atoms with van der Waals surface area (Å²) in [7, 11) is -3.97. The number of hydrogen-bond donors (Lipinski definition) is 2. The average Bonchev–Trinajstić information content (AvgIpc) is 2.38. The van der Waals surface area contributed by atoms with Crippen molar-refractivity contribution >= 4 is 44.8 Å². The fourth-order valence-corrected chi connectivity index (χ4v) is 4.66. The zero-order valence-corrected chi connectivity index (χ0v) is 13.8. The van der Waals surface area contributed by atoms with E-state index in [9.17, 15) is 13.2 Å². The molecule has 0 spiro atoms. The van der Waals surface area contributed by atoms with Crippen LogP contribution < -0.4 is 11.1 Å². The maximum absolute atomic E-state index is 12.8. The van der Waals surface area contributed by atoms with E-state index in [-0.39, 0.29) is 39.6 Å². The lowest BCUT2D eigenvalue weighted by Gasteiger charge is -2.40. The molecule has 1 aliphatic heterocycles. The third-order valence-electron chi connectivity index (χ3n) is 3.44. The molecule has 1 aromatic rings. The van der Waals surface area contributed by atoms with Gasteiger partial charge < -0.3 is 11.1 Å².